The predicted molar refractivity (Wildman–Crippen MR) is 126 cm³/mol. The molecule has 8 nitrogen and oxygen atoms in total. The Balaban J connectivity index is 0.000000331. The molecule has 1 aromatic heterocycles. The summed E-state index contributed by atoms with van der Waals surface area (Å²) in [5.41, 5.74) is 2.06. The lowest BCUT2D eigenvalue weighted by Gasteiger charge is -2.20. The van der Waals surface area contributed by atoms with Crippen LogP contribution in [0.2, 0.25) is 0 Å². The third-order valence-electron chi connectivity index (χ3n) is 5.60. The molecule has 0 saturated carbocycles. The van der Waals surface area contributed by atoms with Crippen molar-refractivity contribution < 1.29 is 19.8 Å². The van der Waals surface area contributed by atoms with E-state index in [2.05, 4.69) is 41.2 Å². The molecule has 33 heavy (non-hydrogen) atoms. The van der Waals surface area contributed by atoms with E-state index in [1.165, 1.54) is 41.1 Å². The van der Waals surface area contributed by atoms with Gasteiger partial charge in [-0.15, -0.1) is 0 Å². The van der Waals surface area contributed by atoms with Crippen molar-refractivity contribution >= 4 is 22.7 Å². The number of carboxylic acid groups (broad SMARTS) is 2. The summed E-state index contributed by atoms with van der Waals surface area (Å²) in [7, 11) is 0. The molecule has 1 atom stereocenters. The summed E-state index contributed by atoms with van der Waals surface area (Å²) in [5, 5.41) is 22.1. The molecule has 1 saturated heterocycles. The van der Waals surface area contributed by atoms with E-state index in [1.807, 2.05) is 12.1 Å². The van der Waals surface area contributed by atoms with E-state index in [-0.39, 0.29) is 5.56 Å². The zero-order chi connectivity index (χ0) is 23.8. The summed E-state index contributed by atoms with van der Waals surface area (Å²) in [4.78, 5) is 33.6. The second-order valence-corrected chi connectivity index (χ2v) is 7.93. The van der Waals surface area contributed by atoms with E-state index >= 15 is 0 Å². The van der Waals surface area contributed by atoms with E-state index in [9.17, 15) is 14.4 Å². The first-order chi connectivity index (χ1) is 15.8. The normalized spacial score (nSPS) is 16.0. The Morgan fingerprint density at radius 2 is 1.76 bits per heavy atom. The second-order valence-electron chi connectivity index (χ2n) is 7.93. The second kappa shape index (κ2) is 11.2. The molecule has 0 aliphatic carbocycles. The summed E-state index contributed by atoms with van der Waals surface area (Å²) < 4.78 is 1.43. The molecule has 0 amide bonds. The third-order valence-corrected chi connectivity index (χ3v) is 5.60. The highest BCUT2D eigenvalue weighted by molar-refractivity contribution is 5.89. The Labute approximate surface area is 191 Å². The van der Waals surface area contributed by atoms with Gasteiger partial charge in [-0.1, -0.05) is 24.3 Å². The van der Waals surface area contributed by atoms with Crippen LogP contribution in [0.25, 0.3) is 16.5 Å². The van der Waals surface area contributed by atoms with Crippen molar-refractivity contribution in [1.29, 1.82) is 0 Å². The summed E-state index contributed by atoms with van der Waals surface area (Å²) in [6.07, 6.45) is 6.49. The first kappa shape index (κ1) is 23.9. The van der Waals surface area contributed by atoms with Crippen molar-refractivity contribution in [3.05, 3.63) is 82.8 Å². The van der Waals surface area contributed by atoms with Crippen LogP contribution in [0, 0.1) is 0 Å². The number of aromatic nitrogens is 2. The van der Waals surface area contributed by atoms with Crippen LogP contribution in [0.3, 0.4) is 0 Å². The van der Waals surface area contributed by atoms with Crippen molar-refractivity contribution in [2.75, 3.05) is 13.1 Å². The number of benzene rings is 2. The van der Waals surface area contributed by atoms with Crippen LogP contribution in [-0.2, 0) is 16.0 Å². The zero-order valence-electron chi connectivity index (χ0n) is 18.4. The molecule has 2 N–H and O–H groups in total. The summed E-state index contributed by atoms with van der Waals surface area (Å²) in [5.74, 6) is -2.51. The van der Waals surface area contributed by atoms with Gasteiger partial charge in [-0.05, 0) is 67.3 Å². The monoisotopic (exact) mass is 449 g/mol. The van der Waals surface area contributed by atoms with Crippen LogP contribution >= 0.6 is 0 Å². The van der Waals surface area contributed by atoms with Gasteiger partial charge in [0.25, 0.3) is 5.56 Å². The number of nitrogens with zero attached hydrogens (tertiary/aromatic N) is 3. The molecule has 0 unspecified atom stereocenters. The van der Waals surface area contributed by atoms with E-state index in [4.69, 9.17) is 10.2 Å². The molecule has 1 aliphatic heterocycles. The van der Waals surface area contributed by atoms with Gasteiger partial charge in [0.2, 0.25) is 0 Å². The van der Waals surface area contributed by atoms with E-state index in [0.717, 1.165) is 30.1 Å². The van der Waals surface area contributed by atoms with Crippen LogP contribution in [0.5, 0.6) is 0 Å². The third kappa shape index (κ3) is 6.85. The highest BCUT2D eigenvalue weighted by Crippen LogP contribution is 2.21. The smallest absolute Gasteiger partial charge is 0.328 e. The lowest BCUT2D eigenvalue weighted by Crippen LogP contribution is -2.28. The maximum Gasteiger partial charge on any atom is 0.328 e. The Bertz CT molecular complexity index is 1200. The van der Waals surface area contributed by atoms with Crippen LogP contribution in [0.1, 0.15) is 25.3 Å². The fourth-order valence-corrected chi connectivity index (χ4v) is 3.86. The minimum Gasteiger partial charge on any atom is -0.478 e. The van der Waals surface area contributed by atoms with Gasteiger partial charge in [-0.3, -0.25) is 4.79 Å². The average Bonchev–Trinajstić information content (AvgIpc) is 3.21. The maximum atomic E-state index is 11.9. The van der Waals surface area contributed by atoms with Gasteiger partial charge in [-0.25, -0.2) is 9.59 Å². The van der Waals surface area contributed by atoms with Crippen LogP contribution in [-0.4, -0.2) is 56.0 Å². The first-order valence-electron chi connectivity index (χ1n) is 10.8. The van der Waals surface area contributed by atoms with Crippen molar-refractivity contribution in [2.24, 2.45) is 0 Å². The summed E-state index contributed by atoms with van der Waals surface area (Å²) in [6.45, 7) is 4.69. The lowest BCUT2D eigenvalue weighted by atomic mass is 10.0. The molecular weight excluding hydrogens is 422 g/mol. The molecule has 0 spiro atoms. The molecule has 172 valence electrons. The van der Waals surface area contributed by atoms with Crippen molar-refractivity contribution in [2.45, 2.75) is 32.2 Å². The minimum absolute atomic E-state index is 0.113. The van der Waals surface area contributed by atoms with Gasteiger partial charge in [0.05, 0.1) is 5.69 Å². The molecule has 2 heterocycles. The van der Waals surface area contributed by atoms with E-state index in [0.29, 0.717) is 12.2 Å². The first-order valence-corrected chi connectivity index (χ1v) is 10.8. The molecular formula is C25H27N3O5. The Hall–Kier alpha value is -3.78. The lowest BCUT2D eigenvalue weighted by molar-refractivity contribution is -0.134. The molecule has 0 radical (unpaired) electrons. The topological polar surface area (TPSA) is 113 Å². The molecule has 1 aliphatic rings. The van der Waals surface area contributed by atoms with Gasteiger partial charge >= 0.3 is 11.9 Å². The average molecular weight is 450 g/mol. The Morgan fingerprint density at radius 3 is 2.39 bits per heavy atom. The van der Waals surface area contributed by atoms with Crippen LogP contribution < -0.4 is 5.56 Å². The number of aliphatic carboxylic acids is 2. The number of carbonyl (C=O) groups is 2. The van der Waals surface area contributed by atoms with Crippen LogP contribution in [0.15, 0.2) is 71.7 Å². The standard InChI is InChI=1S/C21H23N3O.C4H4O4/c1-16-4-3-12-23(16)13-10-17-6-7-19-15-20(9-8-18(19)14-17)24-21(25)5-2-11-22-24;5-3(6)1-2-4(7)8/h2,5-9,11,14-16H,3-4,10,12-13H2,1H3;1-2H,(H,5,6)(H,7,8)/b;2-1-/t16-;/m1./s1. The van der Waals surface area contributed by atoms with Crippen molar-refractivity contribution in [3.63, 3.8) is 0 Å². The van der Waals surface area contributed by atoms with Gasteiger partial charge in [0, 0.05) is 37.0 Å². The highest BCUT2D eigenvalue weighted by Gasteiger charge is 2.19. The van der Waals surface area contributed by atoms with Crippen molar-refractivity contribution in [1.82, 2.24) is 14.7 Å². The molecule has 4 rings (SSSR count). The number of hydrogen-bond donors (Lipinski definition) is 2. The van der Waals surface area contributed by atoms with E-state index < -0.39 is 11.9 Å². The predicted octanol–water partition coefficient (Wildman–Crippen LogP) is 3.12. The Morgan fingerprint density at radius 1 is 1.06 bits per heavy atom. The molecule has 1 fully saturated rings. The number of hydrogen-bond acceptors (Lipinski definition) is 5. The van der Waals surface area contributed by atoms with E-state index in [1.54, 1.807) is 12.3 Å². The molecule has 2 aromatic carbocycles. The minimum atomic E-state index is -1.26. The number of fused-ring (bicyclic) bond motifs is 1. The van der Waals surface area contributed by atoms with Crippen LogP contribution in [0.4, 0.5) is 0 Å². The van der Waals surface area contributed by atoms with Gasteiger partial charge in [-0.2, -0.15) is 9.78 Å². The maximum absolute atomic E-state index is 11.9. The molecule has 3 aromatic rings. The van der Waals surface area contributed by atoms with Gasteiger partial charge in [0.1, 0.15) is 0 Å². The largest absolute Gasteiger partial charge is 0.478 e. The van der Waals surface area contributed by atoms with Crippen molar-refractivity contribution in [3.8, 4) is 5.69 Å². The molecule has 0 bridgehead atoms. The fraction of sp³-hybridized carbons (Fsp3) is 0.280. The van der Waals surface area contributed by atoms with Gasteiger partial charge < -0.3 is 15.1 Å². The Kier molecular flexibility index (Phi) is 8.10. The quantitative estimate of drug-likeness (QED) is 0.556. The number of rotatable bonds is 6. The molecule has 8 heteroatoms. The van der Waals surface area contributed by atoms with Gasteiger partial charge in [0.15, 0.2) is 0 Å². The zero-order valence-corrected chi connectivity index (χ0v) is 18.4. The highest BCUT2D eigenvalue weighted by atomic mass is 16.4. The fourth-order valence-electron chi connectivity index (χ4n) is 3.86. The summed E-state index contributed by atoms with van der Waals surface area (Å²) in [6, 6.07) is 16.6. The SMILES string of the molecule is C[C@@H]1CCCN1CCc1ccc2cc(-n3ncccc3=O)ccc2c1.O=C(O)/C=C\C(=O)O. The summed E-state index contributed by atoms with van der Waals surface area (Å²) >= 11 is 0. The number of carboxylic acids is 2. The number of likely N-dealkylation sites (tertiary alicyclic amines) is 1.